The van der Waals surface area contributed by atoms with Crippen LogP contribution in [0.25, 0.3) is 0 Å². The van der Waals surface area contributed by atoms with Gasteiger partial charge in [-0.15, -0.1) is 0 Å². The van der Waals surface area contributed by atoms with Gasteiger partial charge in [0.25, 0.3) is 0 Å². The van der Waals surface area contributed by atoms with E-state index in [1.54, 1.807) is 37.4 Å². The minimum absolute atomic E-state index is 0.330. The van der Waals surface area contributed by atoms with Gasteiger partial charge in [0.1, 0.15) is 0 Å². The van der Waals surface area contributed by atoms with E-state index in [1.807, 2.05) is 20.8 Å². The molecule has 20 heavy (non-hydrogen) atoms. The molecule has 0 saturated heterocycles. The molecule has 0 bridgehead atoms. The van der Waals surface area contributed by atoms with E-state index >= 15 is 0 Å². The second-order valence-electron chi connectivity index (χ2n) is 5.36. The molecule has 0 aliphatic carbocycles. The van der Waals surface area contributed by atoms with Crippen molar-refractivity contribution in [2.75, 3.05) is 7.05 Å². The van der Waals surface area contributed by atoms with Crippen molar-refractivity contribution in [1.82, 2.24) is 10.2 Å². The first kappa shape index (κ1) is 16.0. The Morgan fingerprint density at radius 1 is 1.30 bits per heavy atom. The molecule has 110 valence electrons. The van der Waals surface area contributed by atoms with Crippen molar-refractivity contribution in [2.24, 2.45) is 0 Å². The molecular weight excluding hydrogens is 256 g/mol. The normalized spacial score (nSPS) is 12.6. The summed E-state index contributed by atoms with van der Waals surface area (Å²) in [5.74, 6) is -1.08. The number of carboxylic acids is 1. The van der Waals surface area contributed by atoms with Crippen molar-refractivity contribution in [3.8, 4) is 0 Å². The zero-order chi connectivity index (χ0) is 15.3. The lowest BCUT2D eigenvalue weighted by Gasteiger charge is -2.35. The number of carbonyl (C=O) groups is 2. The molecule has 0 fully saturated rings. The van der Waals surface area contributed by atoms with Crippen LogP contribution in [0.2, 0.25) is 0 Å². The number of aliphatic carboxylic acids is 1. The van der Waals surface area contributed by atoms with Crippen molar-refractivity contribution in [3.05, 3.63) is 35.9 Å². The summed E-state index contributed by atoms with van der Waals surface area (Å²) in [6.45, 7) is 5.85. The maximum Gasteiger partial charge on any atom is 0.330 e. The van der Waals surface area contributed by atoms with Crippen molar-refractivity contribution in [1.29, 1.82) is 0 Å². The fourth-order valence-corrected chi connectivity index (χ4v) is 1.67. The van der Waals surface area contributed by atoms with Gasteiger partial charge in [0.2, 0.25) is 0 Å². The first-order valence-electron chi connectivity index (χ1n) is 6.61. The third-order valence-corrected chi connectivity index (χ3v) is 3.73. The SMILES string of the molecule is CCC(C)(C)N(C)C(=O)N[C@H](C(=O)O)c1ccccc1. The van der Waals surface area contributed by atoms with Crippen molar-refractivity contribution in [3.63, 3.8) is 0 Å². The van der Waals surface area contributed by atoms with Gasteiger partial charge >= 0.3 is 12.0 Å². The van der Waals surface area contributed by atoms with Crippen LogP contribution in [0.5, 0.6) is 0 Å². The number of hydrogen-bond acceptors (Lipinski definition) is 2. The predicted octanol–water partition coefficient (Wildman–Crippen LogP) is 2.64. The lowest BCUT2D eigenvalue weighted by atomic mass is 10.0. The van der Waals surface area contributed by atoms with Crippen LogP contribution in [0.1, 0.15) is 38.8 Å². The maximum absolute atomic E-state index is 12.2. The molecule has 0 aromatic heterocycles. The molecule has 1 atom stereocenters. The van der Waals surface area contributed by atoms with Crippen LogP contribution in [-0.4, -0.2) is 34.6 Å². The van der Waals surface area contributed by atoms with Gasteiger partial charge in [-0.05, 0) is 25.8 Å². The highest BCUT2D eigenvalue weighted by molar-refractivity contribution is 5.83. The lowest BCUT2D eigenvalue weighted by Crippen LogP contribution is -2.50. The molecular formula is C15H22N2O3. The first-order chi connectivity index (χ1) is 9.29. The molecule has 0 aliphatic rings. The molecule has 1 rings (SSSR count). The summed E-state index contributed by atoms with van der Waals surface area (Å²) >= 11 is 0. The Bertz CT molecular complexity index is 471. The predicted molar refractivity (Wildman–Crippen MR) is 77.5 cm³/mol. The Labute approximate surface area is 119 Å². The summed E-state index contributed by atoms with van der Waals surface area (Å²) in [5, 5.41) is 11.8. The number of urea groups is 1. The van der Waals surface area contributed by atoms with Gasteiger partial charge in [-0.25, -0.2) is 9.59 Å². The van der Waals surface area contributed by atoms with Gasteiger partial charge in [-0.1, -0.05) is 37.3 Å². The molecule has 5 nitrogen and oxygen atoms in total. The number of amides is 2. The van der Waals surface area contributed by atoms with Crippen LogP contribution in [0, 0.1) is 0 Å². The molecule has 0 unspecified atom stereocenters. The molecule has 1 aromatic carbocycles. The quantitative estimate of drug-likeness (QED) is 0.870. The molecule has 2 N–H and O–H groups in total. The standard InChI is InChI=1S/C15H22N2O3/c1-5-15(2,3)17(4)14(20)16-12(13(18)19)11-9-7-6-8-10-11/h6-10,12H,5H2,1-4H3,(H,16,20)(H,18,19)/t12-/m0/s1. The highest BCUT2D eigenvalue weighted by atomic mass is 16.4. The van der Waals surface area contributed by atoms with Crippen molar-refractivity contribution >= 4 is 12.0 Å². The Kier molecular flexibility index (Phi) is 5.13. The molecule has 0 heterocycles. The van der Waals surface area contributed by atoms with Crippen molar-refractivity contribution in [2.45, 2.75) is 38.8 Å². The largest absolute Gasteiger partial charge is 0.479 e. The average Bonchev–Trinajstić information content (AvgIpc) is 2.44. The smallest absolute Gasteiger partial charge is 0.330 e. The Balaban J connectivity index is 2.88. The number of benzene rings is 1. The summed E-state index contributed by atoms with van der Waals surface area (Å²) in [6.07, 6.45) is 0.778. The molecule has 1 aromatic rings. The van der Waals surface area contributed by atoms with Crippen LogP contribution in [0.4, 0.5) is 4.79 Å². The van der Waals surface area contributed by atoms with E-state index in [4.69, 9.17) is 0 Å². The second kappa shape index (κ2) is 6.41. The van der Waals surface area contributed by atoms with Crippen LogP contribution >= 0.6 is 0 Å². The van der Waals surface area contributed by atoms with Gasteiger partial charge in [-0.2, -0.15) is 0 Å². The minimum atomic E-state index is -1.08. The number of carbonyl (C=O) groups excluding carboxylic acids is 1. The number of nitrogens with zero attached hydrogens (tertiary/aromatic N) is 1. The second-order valence-corrected chi connectivity index (χ2v) is 5.36. The van der Waals surface area contributed by atoms with Crippen LogP contribution in [0.3, 0.4) is 0 Å². The summed E-state index contributed by atoms with van der Waals surface area (Å²) < 4.78 is 0. The fourth-order valence-electron chi connectivity index (χ4n) is 1.67. The summed E-state index contributed by atoms with van der Waals surface area (Å²) in [5.41, 5.74) is 0.222. The zero-order valence-corrected chi connectivity index (χ0v) is 12.4. The number of rotatable bonds is 5. The average molecular weight is 278 g/mol. The molecule has 5 heteroatoms. The Hall–Kier alpha value is -2.04. The van der Waals surface area contributed by atoms with E-state index in [9.17, 15) is 14.7 Å². The molecule has 0 aliphatic heterocycles. The molecule has 0 saturated carbocycles. The minimum Gasteiger partial charge on any atom is -0.479 e. The highest BCUT2D eigenvalue weighted by Crippen LogP contribution is 2.18. The molecule has 2 amide bonds. The lowest BCUT2D eigenvalue weighted by molar-refractivity contribution is -0.139. The maximum atomic E-state index is 12.2. The highest BCUT2D eigenvalue weighted by Gasteiger charge is 2.29. The number of carboxylic acid groups (broad SMARTS) is 1. The number of hydrogen-bond donors (Lipinski definition) is 2. The van der Waals surface area contributed by atoms with Crippen molar-refractivity contribution < 1.29 is 14.7 Å². The van der Waals surface area contributed by atoms with Gasteiger partial charge in [0.15, 0.2) is 6.04 Å². The third kappa shape index (κ3) is 3.73. The summed E-state index contributed by atoms with van der Waals surface area (Å²) in [4.78, 5) is 25.1. The first-order valence-corrected chi connectivity index (χ1v) is 6.61. The summed E-state index contributed by atoms with van der Waals surface area (Å²) in [7, 11) is 1.67. The van der Waals surface area contributed by atoms with Gasteiger partial charge < -0.3 is 15.3 Å². The van der Waals surface area contributed by atoms with Crippen LogP contribution in [0.15, 0.2) is 30.3 Å². The fraction of sp³-hybridized carbons (Fsp3) is 0.467. The van der Waals surface area contributed by atoms with Gasteiger partial charge in [0, 0.05) is 12.6 Å². The number of nitrogens with one attached hydrogen (secondary N) is 1. The van der Waals surface area contributed by atoms with Crippen LogP contribution in [-0.2, 0) is 4.79 Å². The topological polar surface area (TPSA) is 69.6 Å². The van der Waals surface area contributed by atoms with Gasteiger partial charge in [-0.3, -0.25) is 0 Å². The van der Waals surface area contributed by atoms with E-state index in [0.717, 1.165) is 6.42 Å². The zero-order valence-electron chi connectivity index (χ0n) is 12.4. The van der Waals surface area contributed by atoms with Gasteiger partial charge in [0.05, 0.1) is 0 Å². The van der Waals surface area contributed by atoms with E-state index < -0.39 is 18.0 Å². The van der Waals surface area contributed by atoms with E-state index in [1.165, 1.54) is 4.90 Å². The third-order valence-electron chi connectivity index (χ3n) is 3.73. The van der Waals surface area contributed by atoms with Crippen LogP contribution < -0.4 is 5.32 Å². The van der Waals surface area contributed by atoms with E-state index in [2.05, 4.69) is 5.32 Å². The molecule has 0 radical (unpaired) electrons. The molecule has 0 spiro atoms. The Morgan fingerprint density at radius 3 is 2.30 bits per heavy atom. The van der Waals surface area contributed by atoms with E-state index in [-0.39, 0.29) is 5.54 Å². The summed E-state index contributed by atoms with van der Waals surface area (Å²) in [6, 6.07) is 7.23. The Morgan fingerprint density at radius 2 is 1.85 bits per heavy atom. The monoisotopic (exact) mass is 278 g/mol. The van der Waals surface area contributed by atoms with E-state index in [0.29, 0.717) is 5.56 Å².